The number of rotatable bonds is 8. The van der Waals surface area contributed by atoms with Crippen LogP contribution in [0.25, 0.3) is 0 Å². The Morgan fingerprint density at radius 2 is 2.00 bits per heavy atom. The van der Waals surface area contributed by atoms with E-state index in [9.17, 15) is 0 Å². The molecule has 0 unspecified atom stereocenters. The van der Waals surface area contributed by atoms with Crippen molar-refractivity contribution in [2.24, 2.45) is 0 Å². The molecular formula is C17H24O2. The fourth-order valence-electron chi connectivity index (χ4n) is 1.93. The molecule has 0 bridgehead atoms. The van der Waals surface area contributed by atoms with Crippen molar-refractivity contribution in [3.8, 4) is 23.7 Å². The van der Waals surface area contributed by atoms with Gasteiger partial charge in [0.1, 0.15) is 6.10 Å². The van der Waals surface area contributed by atoms with E-state index in [1.807, 2.05) is 0 Å². The van der Waals surface area contributed by atoms with E-state index in [2.05, 4.69) is 37.2 Å². The van der Waals surface area contributed by atoms with Crippen LogP contribution in [0, 0.1) is 23.7 Å². The Morgan fingerprint density at radius 1 is 1.21 bits per heavy atom. The maximum absolute atomic E-state index is 9.10. The maximum atomic E-state index is 9.10. The summed E-state index contributed by atoms with van der Waals surface area (Å²) in [6.07, 6.45) is 9.80. The minimum atomic E-state index is -0.776. The van der Waals surface area contributed by atoms with Gasteiger partial charge in [-0.1, -0.05) is 63.5 Å². The van der Waals surface area contributed by atoms with Gasteiger partial charge in [0.05, 0.1) is 12.2 Å². The third-order valence-electron chi connectivity index (χ3n) is 3.18. The Morgan fingerprint density at radius 3 is 2.74 bits per heavy atom. The standard InChI is InChI=1S/C17H24O2/c1-3-5-6-7-10-13-16-17(19-16)14-11-8-9-12-15(18)4-2/h4,15-18H,2-3,5-7,10,13-14H2,1H3/t15-,16-,17+/m0/s1. The Labute approximate surface area is 117 Å². The summed E-state index contributed by atoms with van der Waals surface area (Å²) in [5, 5.41) is 9.10. The van der Waals surface area contributed by atoms with E-state index in [1.165, 1.54) is 38.2 Å². The van der Waals surface area contributed by atoms with Crippen LogP contribution in [0.2, 0.25) is 0 Å². The summed E-state index contributed by atoms with van der Waals surface area (Å²) in [6.45, 7) is 5.67. The van der Waals surface area contributed by atoms with Gasteiger partial charge in [-0.2, -0.15) is 0 Å². The molecule has 1 fully saturated rings. The van der Waals surface area contributed by atoms with E-state index in [4.69, 9.17) is 9.84 Å². The number of unbranched alkanes of at least 4 members (excludes halogenated alkanes) is 4. The van der Waals surface area contributed by atoms with E-state index in [-0.39, 0.29) is 0 Å². The number of ether oxygens (including phenoxy) is 1. The van der Waals surface area contributed by atoms with Crippen molar-refractivity contribution in [2.45, 2.75) is 70.2 Å². The quantitative estimate of drug-likeness (QED) is 0.315. The lowest BCUT2D eigenvalue weighted by Crippen LogP contribution is -1.94. The summed E-state index contributed by atoms with van der Waals surface area (Å²) in [7, 11) is 0. The normalized spacial score (nSPS) is 21.6. The molecule has 1 heterocycles. The smallest absolute Gasteiger partial charge is 0.134 e. The van der Waals surface area contributed by atoms with Gasteiger partial charge >= 0.3 is 0 Å². The average molecular weight is 260 g/mol. The Hall–Kier alpha value is -1.22. The molecule has 1 saturated heterocycles. The van der Waals surface area contributed by atoms with Gasteiger partial charge in [-0.15, -0.1) is 0 Å². The van der Waals surface area contributed by atoms with Gasteiger partial charge in [0.25, 0.3) is 0 Å². The topological polar surface area (TPSA) is 32.8 Å². The zero-order valence-corrected chi connectivity index (χ0v) is 11.8. The summed E-state index contributed by atoms with van der Waals surface area (Å²) >= 11 is 0. The predicted octanol–water partition coefficient (Wildman–Crippen LogP) is 3.06. The fraction of sp³-hybridized carbons (Fsp3) is 0.647. The van der Waals surface area contributed by atoms with E-state index < -0.39 is 6.10 Å². The van der Waals surface area contributed by atoms with E-state index in [1.54, 1.807) is 0 Å². The second-order valence-corrected chi connectivity index (χ2v) is 4.87. The predicted molar refractivity (Wildman–Crippen MR) is 78.4 cm³/mol. The third kappa shape index (κ3) is 7.73. The summed E-state index contributed by atoms with van der Waals surface area (Å²) in [4.78, 5) is 0. The molecule has 0 aromatic rings. The van der Waals surface area contributed by atoms with Gasteiger partial charge < -0.3 is 9.84 Å². The largest absolute Gasteiger partial charge is 0.377 e. The van der Waals surface area contributed by atoms with Gasteiger partial charge in [-0.25, -0.2) is 0 Å². The van der Waals surface area contributed by atoms with Crippen LogP contribution in [0.3, 0.4) is 0 Å². The van der Waals surface area contributed by atoms with E-state index in [0.29, 0.717) is 12.2 Å². The zero-order valence-electron chi connectivity index (χ0n) is 11.8. The van der Waals surface area contributed by atoms with Crippen LogP contribution < -0.4 is 0 Å². The average Bonchev–Trinajstić information content (AvgIpc) is 3.16. The first-order chi connectivity index (χ1) is 9.27. The highest BCUT2D eigenvalue weighted by molar-refractivity contribution is 5.29. The molecule has 0 radical (unpaired) electrons. The van der Waals surface area contributed by atoms with Crippen LogP contribution >= 0.6 is 0 Å². The molecule has 0 spiro atoms. The van der Waals surface area contributed by atoms with Crippen molar-refractivity contribution in [1.82, 2.24) is 0 Å². The Bertz CT molecular complexity index is 378. The van der Waals surface area contributed by atoms with E-state index in [0.717, 1.165) is 12.8 Å². The van der Waals surface area contributed by atoms with Crippen LogP contribution in [0.15, 0.2) is 12.7 Å². The van der Waals surface area contributed by atoms with Crippen molar-refractivity contribution >= 4 is 0 Å². The molecule has 0 aromatic heterocycles. The lowest BCUT2D eigenvalue weighted by Gasteiger charge is -1.96. The van der Waals surface area contributed by atoms with Crippen molar-refractivity contribution in [3.63, 3.8) is 0 Å². The molecular weight excluding hydrogens is 236 g/mol. The van der Waals surface area contributed by atoms with Gasteiger partial charge in [0.15, 0.2) is 0 Å². The van der Waals surface area contributed by atoms with Crippen molar-refractivity contribution in [3.05, 3.63) is 12.7 Å². The van der Waals surface area contributed by atoms with Crippen LogP contribution in [0.4, 0.5) is 0 Å². The molecule has 1 aliphatic rings. The Kier molecular flexibility index (Phi) is 8.07. The molecule has 1 rings (SSSR count). The number of hydrogen-bond acceptors (Lipinski definition) is 2. The first kappa shape index (κ1) is 15.8. The lowest BCUT2D eigenvalue weighted by molar-refractivity contribution is 0.281. The highest BCUT2D eigenvalue weighted by Crippen LogP contribution is 2.29. The molecule has 1 N–H and O–H groups in total. The molecule has 0 saturated carbocycles. The van der Waals surface area contributed by atoms with Crippen LogP contribution in [-0.4, -0.2) is 23.4 Å². The zero-order chi connectivity index (χ0) is 13.9. The van der Waals surface area contributed by atoms with Gasteiger partial charge in [0, 0.05) is 6.42 Å². The maximum Gasteiger partial charge on any atom is 0.134 e. The highest BCUT2D eigenvalue weighted by atomic mass is 16.6. The van der Waals surface area contributed by atoms with Gasteiger partial charge in [0.2, 0.25) is 0 Å². The van der Waals surface area contributed by atoms with Crippen molar-refractivity contribution < 1.29 is 9.84 Å². The second-order valence-electron chi connectivity index (χ2n) is 4.87. The number of aliphatic hydroxyl groups excluding tert-OH is 1. The first-order valence-electron chi connectivity index (χ1n) is 7.22. The SMILES string of the molecule is C=C[C@H](O)C#CC#CC[C@H]1O[C@H]1CCCCCCC. The van der Waals surface area contributed by atoms with Crippen LogP contribution in [0.5, 0.6) is 0 Å². The summed E-state index contributed by atoms with van der Waals surface area (Å²) in [5.41, 5.74) is 0. The molecule has 0 amide bonds. The molecule has 2 nitrogen and oxygen atoms in total. The second kappa shape index (κ2) is 9.68. The summed E-state index contributed by atoms with van der Waals surface area (Å²) in [6, 6.07) is 0. The molecule has 104 valence electrons. The molecule has 0 aromatic carbocycles. The van der Waals surface area contributed by atoms with Crippen LogP contribution in [-0.2, 0) is 4.74 Å². The van der Waals surface area contributed by atoms with Gasteiger partial charge in [-0.3, -0.25) is 0 Å². The van der Waals surface area contributed by atoms with Crippen molar-refractivity contribution in [1.29, 1.82) is 0 Å². The molecule has 2 heteroatoms. The van der Waals surface area contributed by atoms with Crippen LogP contribution in [0.1, 0.15) is 51.9 Å². The monoisotopic (exact) mass is 260 g/mol. The first-order valence-corrected chi connectivity index (χ1v) is 7.22. The van der Waals surface area contributed by atoms with Gasteiger partial charge in [-0.05, 0) is 18.3 Å². The van der Waals surface area contributed by atoms with Crippen molar-refractivity contribution in [2.75, 3.05) is 0 Å². The molecule has 0 aliphatic carbocycles. The summed E-state index contributed by atoms with van der Waals surface area (Å²) < 4.78 is 5.56. The molecule has 1 aliphatic heterocycles. The highest BCUT2D eigenvalue weighted by Gasteiger charge is 2.36. The Balaban J connectivity index is 2.03. The number of epoxide rings is 1. The number of aliphatic hydroxyl groups is 1. The van der Waals surface area contributed by atoms with E-state index >= 15 is 0 Å². The lowest BCUT2D eigenvalue weighted by atomic mass is 10.1. The minimum absolute atomic E-state index is 0.310. The minimum Gasteiger partial charge on any atom is -0.377 e. The summed E-state index contributed by atoms with van der Waals surface area (Å²) in [5.74, 6) is 10.9. The third-order valence-corrected chi connectivity index (χ3v) is 3.18. The fourth-order valence-corrected chi connectivity index (χ4v) is 1.93. The molecule has 3 atom stereocenters. The molecule has 19 heavy (non-hydrogen) atoms. The number of hydrogen-bond donors (Lipinski definition) is 1.